The van der Waals surface area contributed by atoms with Gasteiger partial charge in [0.25, 0.3) is 0 Å². The number of methoxy groups -OCH3 is 1. The summed E-state index contributed by atoms with van der Waals surface area (Å²) < 4.78 is 7.30. The Balaban J connectivity index is 2.01. The van der Waals surface area contributed by atoms with Gasteiger partial charge in [0.2, 0.25) is 5.95 Å². The van der Waals surface area contributed by atoms with Crippen LogP contribution < -0.4 is 10.1 Å². The average Bonchev–Trinajstić information content (AvgIpc) is 3.01. The number of hydrogen-bond acceptors (Lipinski definition) is 6. The molecule has 0 fully saturated rings. The van der Waals surface area contributed by atoms with Gasteiger partial charge in [0, 0.05) is 19.4 Å². The van der Waals surface area contributed by atoms with Crippen LogP contribution in [-0.4, -0.2) is 31.8 Å². The van der Waals surface area contributed by atoms with Crippen LogP contribution in [0.25, 0.3) is 0 Å². The van der Waals surface area contributed by atoms with Crippen molar-refractivity contribution in [1.82, 2.24) is 24.7 Å². The van der Waals surface area contributed by atoms with E-state index in [9.17, 15) is 0 Å². The predicted octanol–water partition coefficient (Wildman–Crippen LogP) is 2.43. The molecule has 24 heavy (non-hydrogen) atoms. The Hall–Kier alpha value is -2.96. The van der Waals surface area contributed by atoms with E-state index in [1.807, 2.05) is 55.9 Å². The first kappa shape index (κ1) is 15.9. The van der Waals surface area contributed by atoms with Crippen molar-refractivity contribution in [3.63, 3.8) is 0 Å². The normalized spacial score (nSPS) is 12.0. The molecule has 0 aliphatic rings. The fraction of sp³-hybridized carbons (Fsp3) is 0.294. The molecule has 1 unspecified atom stereocenters. The monoisotopic (exact) mass is 324 g/mol. The van der Waals surface area contributed by atoms with E-state index in [0.717, 1.165) is 28.5 Å². The molecule has 0 spiro atoms. The third-order valence-electron chi connectivity index (χ3n) is 3.91. The molecule has 3 aromatic rings. The fourth-order valence-corrected chi connectivity index (χ4v) is 2.42. The largest absolute Gasteiger partial charge is 0.497 e. The lowest BCUT2D eigenvalue weighted by Gasteiger charge is -2.19. The number of nitrogens with zero attached hydrogens (tertiary/aromatic N) is 5. The topological polar surface area (TPSA) is 77.8 Å². The SMILES string of the molecule is COc1cccc(C(Nc2nnc(C)c(C)n2)c2nccn2C)c1. The molecule has 0 aliphatic carbocycles. The van der Waals surface area contributed by atoms with E-state index < -0.39 is 0 Å². The molecule has 0 saturated carbocycles. The van der Waals surface area contributed by atoms with E-state index in [2.05, 4.69) is 25.5 Å². The van der Waals surface area contributed by atoms with Crippen LogP contribution in [-0.2, 0) is 7.05 Å². The van der Waals surface area contributed by atoms with Crippen LogP contribution in [0.15, 0.2) is 36.7 Å². The number of ether oxygens (including phenoxy) is 1. The summed E-state index contributed by atoms with van der Waals surface area (Å²) in [6.45, 7) is 3.80. The maximum atomic E-state index is 5.34. The molecule has 3 rings (SSSR count). The first-order chi connectivity index (χ1) is 11.6. The highest BCUT2D eigenvalue weighted by atomic mass is 16.5. The molecule has 1 atom stereocenters. The van der Waals surface area contributed by atoms with Crippen LogP contribution >= 0.6 is 0 Å². The third kappa shape index (κ3) is 3.19. The predicted molar refractivity (Wildman–Crippen MR) is 91.0 cm³/mol. The number of aryl methyl sites for hydroxylation is 3. The summed E-state index contributed by atoms with van der Waals surface area (Å²) >= 11 is 0. The van der Waals surface area contributed by atoms with Gasteiger partial charge in [0.1, 0.15) is 17.6 Å². The summed E-state index contributed by atoms with van der Waals surface area (Å²) in [5.74, 6) is 2.10. The van der Waals surface area contributed by atoms with Crippen molar-refractivity contribution < 1.29 is 4.74 Å². The molecule has 1 aromatic carbocycles. The van der Waals surface area contributed by atoms with Crippen molar-refractivity contribution in [2.75, 3.05) is 12.4 Å². The van der Waals surface area contributed by atoms with E-state index >= 15 is 0 Å². The molecule has 0 amide bonds. The first-order valence-electron chi connectivity index (χ1n) is 7.64. The quantitative estimate of drug-likeness (QED) is 0.776. The molecule has 124 valence electrons. The lowest BCUT2D eigenvalue weighted by Crippen LogP contribution is -2.19. The Bertz CT molecular complexity index is 845. The lowest BCUT2D eigenvalue weighted by molar-refractivity contribution is 0.414. The third-order valence-corrected chi connectivity index (χ3v) is 3.91. The number of hydrogen-bond donors (Lipinski definition) is 1. The molecular weight excluding hydrogens is 304 g/mol. The number of aromatic nitrogens is 5. The van der Waals surface area contributed by atoms with Gasteiger partial charge in [-0.3, -0.25) is 0 Å². The van der Waals surface area contributed by atoms with Gasteiger partial charge in [0.05, 0.1) is 18.5 Å². The minimum atomic E-state index is -0.219. The molecule has 0 bridgehead atoms. The Morgan fingerprint density at radius 2 is 2.00 bits per heavy atom. The van der Waals surface area contributed by atoms with Gasteiger partial charge >= 0.3 is 0 Å². The molecule has 7 nitrogen and oxygen atoms in total. The molecule has 2 heterocycles. The fourth-order valence-electron chi connectivity index (χ4n) is 2.42. The van der Waals surface area contributed by atoms with Crippen molar-refractivity contribution in [1.29, 1.82) is 0 Å². The van der Waals surface area contributed by atoms with E-state index in [0.29, 0.717) is 5.95 Å². The Morgan fingerprint density at radius 3 is 2.67 bits per heavy atom. The smallest absolute Gasteiger partial charge is 0.243 e. The van der Waals surface area contributed by atoms with Crippen molar-refractivity contribution in [2.45, 2.75) is 19.9 Å². The van der Waals surface area contributed by atoms with Crippen molar-refractivity contribution in [3.8, 4) is 5.75 Å². The minimum Gasteiger partial charge on any atom is -0.497 e. The van der Waals surface area contributed by atoms with Crippen LogP contribution in [0.1, 0.15) is 28.8 Å². The Labute approximate surface area is 140 Å². The van der Waals surface area contributed by atoms with Crippen LogP contribution in [0, 0.1) is 13.8 Å². The molecule has 7 heteroatoms. The maximum Gasteiger partial charge on any atom is 0.243 e. The molecule has 2 aromatic heterocycles. The summed E-state index contributed by atoms with van der Waals surface area (Å²) in [7, 11) is 3.61. The number of benzene rings is 1. The van der Waals surface area contributed by atoms with Gasteiger partial charge in [-0.15, -0.1) is 5.10 Å². The second-order valence-electron chi connectivity index (χ2n) is 5.56. The second kappa shape index (κ2) is 6.66. The number of nitrogens with one attached hydrogen (secondary N) is 1. The molecule has 1 N–H and O–H groups in total. The van der Waals surface area contributed by atoms with Gasteiger partial charge in [-0.2, -0.15) is 5.10 Å². The summed E-state index contributed by atoms with van der Waals surface area (Å²) in [5.41, 5.74) is 2.66. The number of rotatable bonds is 5. The van der Waals surface area contributed by atoms with Crippen molar-refractivity contribution in [2.24, 2.45) is 7.05 Å². The van der Waals surface area contributed by atoms with Crippen LogP contribution in [0.5, 0.6) is 5.75 Å². The Morgan fingerprint density at radius 1 is 1.17 bits per heavy atom. The summed E-state index contributed by atoms with van der Waals surface area (Å²) in [5, 5.41) is 11.6. The average molecular weight is 324 g/mol. The number of anilines is 1. The second-order valence-corrected chi connectivity index (χ2v) is 5.56. The standard InChI is InChI=1S/C17H20N6O/c1-11-12(2)21-22-17(19-11)20-15(16-18-8-9-23(16)3)13-6-5-7-14(10-13)24-4/h5-10,15H,1-4H3,(H,19,20,22). The zero-order chi connectivity index (χ0) is 17.1. The van der Waals surface area contributed by atoms with E-state index in [4.69, 9.17) is 4.74 Å². The van der Waals surface area contributed by atoms with Gasteiger partial charge in [0.15, 0.2) is 0 Å². The van der Waals surface area contributed by atoms with Gasteiger partial charge < -0.3 is 14.6 Å². The zero-order valence-electron chi connectivity index (χ0n) is 14.2. The Kier molecular flexibility index (Phi) is 4.41. The van der Waals surface area contributed by atoms with E-state index in [-0.39, 0.29) is 6.04 Å². The van der Waals surface area contributed by atoms with E-state index in [1.54, 1.807) is 13.3 Å². The molecule has 0 radical (unpaired) electrons. The zero-order valence-corrected chi connectivity index (χ0v) is 14.2. The van der Waals surface area contributed by atoms with Gasteiger partial charge in [-0.1, -0.05) is 12.1 Å². The van der Waals surface area contributed by atoms with Crippen LogP contribution in [0.4, 0.5) is 5.95 Å². The molecule has 0 aliphatic heterocycles. The highest BCUT2D eigenvalue weighted by Crippen LogP contribution is 2.26. The number of imidazole rings is 1. The van der Waals surface area contributed by atoms with Gasteiger partial charge in [-0.25, -0.2) is 9.97 Å². The minimum absolute atomic E-state index is 0.219. The van der Waals surface area contributed by atoms with Crippen LogP contribution in [0.3, 0.4) is 0 Å². The first-order valence-corrected chi connectivity index (χ1v) is 7.64. The molecular formula is C17H20N6O. The van der Waals surface area contributed by atoms with Crippen LogP contribution in [0.2, 0.25) is 0 Å². The summed E-state index contributed by atoms with van der Waals surface area (Å²) in [6, 6.07) is 7.63. The van der Waals surface area contributed by atoms with Crippen molar-refractivity contribution in [3.05, 3.63) is 59.4 Å². The van der Waals surface area contributed by atoms with Crippen molar-refractivity contribution >= 4 is 5.95 Å². The maximum absolute atomic E-state index is 5.34. The lowest BCUT2D eigenvalue weighted by atomic mass is 10.1. The molecule has 0 saturated heterocycles. The summed E-state index contributed by atoms with van der Waals surface area (Å²) in [6.07, 6.45) is 3.67. The highest BCUT2D eigenvalue weighted by Gasteiger charge is 2.20. The van der Waals surface area contributed by atoms with Gasteiger partial charge in [-0.05, 0) is 31.5 Å². The summed E-state index contributed by atoms with van der Waals surface area (Å²) in [4.78, 5) is 8.93. The van der Waals surface area contributed by atoms with E-state index in [1.165, 1.54) is 0 Å². The highest BCUT2D eigenvalue weighted by molar-refractivity contribution is 5.40.